The second-order valence-corrected chi connectivity index (χ2v) is 13.3. The SMILES string of the molecule is CC/C=C\C/C=C\C/C=C\CCCCCCOCC(COP(=O)(O)OCC(O)CO)OC(=O)CCCCCCC/C=C\CCCCC. The van der Waals surface area contributed by atoms with Gasteiger partial charge in [-0.25, -0.2) is 4.57 Å². The average Bonchev–Trinajstić information content (AvgIpc) is 3.06. The van der Waals surface area contributed by atoms with Crippen molar-refractivity contribution < 1.29 is 43.0 Å². The van der Waals surface area contributed by atoms with Crippen LogP contribution in [0.3, 0.4) is 0 Å². The summed E-state index contributed by atoms with van der Waals surface area (Å²) in [6, 6.07) is 0. The number of rotatable bonds is 34. The fourth-order valence-electron chi connectivity index (χ4n) is 4.48. The molecule has 0 rings (SSSR count). The number of ether oxygens (including phenoxy) is 2. The number of phosphoric acid groups is 1. The van der Waals surface area contributed by atoms with Crippen LogP contribution in [0.1, 0.15) is 136 Å². The minimum atomic E-state index is -4.52. The number of carbonyl (C=O) groups excluding carboxylic acids is 1. The van der Waals surface area contributed by atoms with Crippen molar-refractivity contribution in [3.05, 3.63) is 48.6 Å². The van der Waals surface area contributed by atoms with Crippen molar-refractivity contribution in [3.8, 4) is 0 Å². The van der Waals surface area contributed by atoms with Crippen LogP contribution >= 0.6 is 7.82 Å². The van der Waals surface area contributed by atoms with Crippen molar-refractivity contribution in [1.82, 2.24) is 0 Å². The molecule has 9 nitrogen and oxygen atoms in total. The lowest BCUT2D eigenvalue weighted by Crippen LogP contribution is -2.29. The minimum Gasteiger partial charge on any atom is -0.457 e. The number of aliphatic hydroxyl groups is 2. The molecule has 10 heteroatoms. The quantitative estimate of drug-likeness (QED) is 0.0262. The first-order valence-corrected chi connectivity index (χ1v) is 19.6. The van der Waals surface area contributed by atoms with Crippen molar-refractivity contribution in [2.75, 3.05) is 33.0 Å². The van der Waals surface area contributed by atoms with Gasteiger partial charge >= 0.3 is 13.8 Å². The van der Waals surface area contributed by atoms with Crippen molar-refractivity contribution in [1.29, 1.82) is 0 Å². The number of allylic oxidation sites excluding steroid dienone is 8. The fraction of sp³-hybridized carbons (Fsp3) is 0.757. The summed E-state index contributed by atoms with van der Waals surface area (Å²) >= 11 is 0. The van der Waals surface area contributed by atoms with Crippen molar-refractivity contribution in [3.63, 3.8) is 0 Å². The van der Waals surface area contributed by atoms with E-state index in [9.17, 15) is 19.4 Å². The van der Waals surface area contributed by atoms with Crippen LogP contribution < -0.4 is 0 Å². The van der Waals surface area contributed by atoms with Gasteiger partial charge in [-0.1, -0.05) is 107 Å². The molecule has 274 valence electrons. The largest absolute Gasteiger partial charge is 0.472 e. The Morgan fingerprint density at radius 2 is 1.21 bits per heavy atom. The van der Waals surface area contributed by atoms with Crippen LogP contribution in [0.2, 0.25) is 0 Å². The molecule has 0 aliphatic rings. The smallest absolute Gasteiger partial charge is 0.457 e. The molecule has 0 spiro atoms. The molecule has 3 N–H and O–H groups in total. The van der Waals surface area contributed by atoms with E-state index in [1.54, 1.807) is 0 Å². The monoisotopic (exact) mass is 686 g/mol. The van der Waals surface area contributed by atoms with Gasteiger partial charge in [0.2, 0.25) is 0 Å². The summed E-state index contributed by atoms with van der Waals surface area (Å²) in [6.45, 7) is 3.28. The summed E-state index contributed by atoms with van der Waals surface area (Å²) in [6.07, 6.45) is 35.0. The molecule has 0 aliphatic heterocycles. The maximum absolute atomic E-state index is 12.5. The first-order valence-electron chi connectivity index (χ1n) is 18.1. The predicted molar refractivity (Wildman–Crippen MR) is 191 cm³/mol. The fourth-order valence-corrected chi connectivity index (χ4v) is 5.27. The van der Waals surface area contributed by atoms with E-state index in [4.69, 9.17) is 23.6 Å². The summed E-state index contributed by atoms with van der Waals surface area (Å²) in [4.78, 5) is 22.4. The lowest BCUT2D eigenvalue weighted by molar-refractivity contribution is -0.154. The van der Waals surface area contributed by atoms with Gasteiger partial charge in [0.1, 0.15) is 12.2 Å². The number of aliphatic hydroxyl groups excluding tert-OH is 2. The van der Waals surface area contributed by atoms with Crippen LogP contribution in [0, 0.1) is 0 Å². The molecule has 0 aliphatic carbocycles. The summed E-state index contributed by atoms with van der Waals surface area (Å²) in [7, 11) is -4.52. The Balaban J connectivity index is 4.32. The summed E-state index contributed by atoms with van der Waals surface area (Å²) in [5.74, 6) is -0.404. The zero-order valence-corrected chi connectivity index (χ0v) is 30.4. The maximum atomic E-state index is 12.5. The molecule has 3 unspecified atom stereocenters. The van der Waals surface area contributed by atoms with E-state index in [2.05, 4.69) is 62.5 Å². The molecule has 0 aromatic carbocycles. The summed E-state index contributed by atoms with van der Waals surface area (Å²) < 4.78 is 33.1. The number of phosphoric ester groups is 1. The number of carbonyl (C=O) groups is 1. The topological polar surface area (TPSA) is 132 Å². The Morgan fingerprint density at radius 3 is 1.85 bits per heavy atom. The highest BCUT2D eigenvalue weighted by Gasteiger charge is 2.26. The Hall–Kier alpha value is -1.58. The highest BCUT2D eigenvalue weighted by Crippen LogP contribution is 2.43. The maximum Gasteiger partial charge on any atom is 0.472 e. The van der Waals surface area contributed by atoms with Gasteiger partial charge in [-0.3, -0.25) is 13.8 Å². The molecule has 0 bridgehead atoms. The first-order chi connectivity index (χ1) is 22.8. The third-order valence-corrected chi connectivity index (χ3v) is 8.20. The van der Waals surface area contributed by atoms with Crippen LogP contribution in [0.15, 0.2) is 48.6 Å². The van der Waals surface area contributed by atoms with E-state index in [1.165, 1.54) is 19.3 Å². The first kappa shape index (κ1) is 45.4. The van der Waals surface area contributed by atoms with Gasteiger partial charge in [-0.2, -0.15) is 0 Å². The van der Waals surface area contributed by atoms with E-state index in [1.807, 2.05) is 0 Å². The van der Waals surface area contributed by atoms with Crippen LogP contribution in [-0.4, -0.2) is 66.3 Å². The second kappa shape index (κ2) is 34.3. The molecule has 0 saturated heterocycles. The molecule has 0 amide bonds. The third-order valence-electron chi connectivity index (χ3n) is 7.25. The van der Waals surface area contributed by atoms with E-state index in [0.29, 0.717) is 13.0 Å². The van der Waals surface area contributed by atoms with Crippen LogP contribution in [0.25, 0.3) is 0 Å². The van der Waals surface area contributed by atoms with Gasteiger partial charge in [-0.05, 0) is 70.6 Å². The van der Waals surface area contributed by atoms with Crippen LogP contribution in [0.4, 0.5) is 0 Å². The summed E-state index contributed by atoms with van der Waals surface area (Å²) in [5.41, 5.74) is 0. The Bertz CT molecular complexity index is 872. The van der Waals surface area contributed by atoms with E-state index in [0.717, 1.165) is 89.9 Å². The van der Waals surface area contributed by atoms with Gasteiger partial charge in [0, 0.05) is 13.0 Å². The van der Waals surface area contributed by atoms with E-state index < -0.39 is 45.8 Å². The molecule has 0 fully saturated rings. The van der Waals surface area contributed by atoms with Crippen LogP contribution in [-0.2, 0) is 27.9 Å². The summed E-state index contributed by atoms with van der Waals surface area (Å²) in [5, 5.41) is 18.3. The highest BCUT2D eigenvalue weighted by atomic mass is 31.2. The lowest BCUT2D eigenvalue weighted by atomic mass is 10.1. The molecule has 0 aromatic heterocycles. The molecule has 0 heterocycles. The number of hydrogen-bond acceptors (Lipinski definition) is 8. The Labute approximate surface area is 286 Å². The van der Waals surface area contributed by atoms with Crippen LogP contribution in [0.5, 0.6) is 0 Å². The zero-order valence-electron chi connectivity index (χ0n) is 29.5. The van der Waals surface area contributed by atoms with Gasteiger partial charge in [0.05, 0.1) is 26.4 Å². The normalized spacial score (nSPS) is 14.9. The minimum absolute atomic E-state index is 0.0292. The van der Waals surface area contributed by atoms with Gasteiger partial charge in [0.25, 0.3) is 0 Å². The molecule has 0 radical (unpaired) electrons. The van der Waals surface area contributed by atoms with Crippen molar-refractivity contribution >= 4 is 13.8 Å². The zero-order chi connectivity index (χ0) is 34.7. The average molecular weight is 687 g/mol. The number of unbranched alkanes of at least 4 members (excludes halogenated alkanes) is 12. The molecule has 47 heavy (non-hydrogen) atoms. The lowest BCUT2D eigenvalue weighted by Gasteiger charge is -2.20. The van der Waals surface area contributed by atoms with Gasteiger partial charge in [-0.15, -0.1) is 0 Å². The van der Waals surface area contributed by atoms with E-state index >= 15 is 0 Å². The third kappa shape index (κ3) is 34.1. The Kier molecular flexibility index (Phi) is 33.1. The van der Waals surface area contributed by atoms with Gasteiger partial charge < -0.3 is 24.6 Å². The highest BCUT2D eigenvalue weighted by molar-refractivity contribution is 7.47. The second-order valence-electron chi connectivity index (χ2n) is 11.9. The van der Waals surface area contributed by atoms with E-state index in [-0.39, 0.29) is 13.0 Å². The number of esters is 1. The predicted octanol–water partition coefficient (Wildman–Crippen LogP) is 9.08. The van der Waals surface area contributed by atoms with Crippen molar-refractivity contribution in [2.24, 2.45) is 0 Å². The van der Waals surface area contributed by atoms with Gasteiger partial charge in [0.15, 0.2) is 0 Å². The molecule has 0 saturated carbocycles. The standard InChI is InChI=1S/C37H67O9P/c1-3-5-7-9-11-13-15-17-18-20-22-24-26-28-30-43-33-36(34-45-47(41,42)44-32-35(39)31-38)46-37(40)29-27-25-23-21-19-16-14-12-10-8-6-4-2/h5,7,11-14,17-18,35-36,38-39H,3-4,6,8-10,15-16,19-34H2,1-2H3,(H,41,42)/b7-5-,13-11-,14-12-,18-17-. The molecular formula is C37H67O9P. The number of hydrogen-bond donors (Lipinski definition) is 3. The Morgan fingerprint density at radius 1 is 0.681 bits per heavy atom. The molecule has 0 aromatic rings. The van der Waals surface area contributed by atoms with Crippen molar-refractivity contribution in [2.45, 2.75) is 148 Å². The molecular weight excluding hydrogens is 619 g/mol. The molecule has 3 atom stereocenters.